The number of pyridine rings is 1. The fraction of sp³-hybridized carbons (Fsp3) is 0.273. The highest BCUT2D eigenvalue weighted by Gasteiger charge is 2.16. The maximum absolute atomic E-state index is 8.92. The molecule has 124 valence electrons. The number of rotatable bonds is 3. The van der Waals surface area contributed by atoms with Gasteiger partial charge in [0.05, 0.1) is 17.1 Å². The second-order valence-electron chi connectivity index (χ2n) is 6.81. The molecular weight excluding hydrogens is 306 g/mol. The van der Waals surface area contributed by atoms with Crippen LogP contribution in [0.1, 0.15) is 35.2 Å². The number of fused-ring (bicyclic) bond motifs is 1. The second kappa shape index (κ2) is 6.57. The van der Waals surface area contributed by atoms with Crippen LogP contribution >= 0.6 is 0 Å². The molecule has 0 bridgehead atoms. The molecule has 1 aliphatic rings. The number of benzene rings is 2. The maximum Gasteiger partial charge on any atom is 0.0991 e. The van der Waals surface area contributed by atoms with Crippen LogP contribution in [0.25, 0.3) is 10.9 Å². The minimum absolute atomic E-state index is 0.704. The molecule has 3 nitrogen and oxygen atoms in total. The summed E-state index contributed by atoms with van der Waals surface area (Å²) in [5, 5.41) is 10.2. The Morgan fingerprint density at radius 1 is 1.00 bits per heavy atom. The van der Waals surface area contributed by atoms with Gasteiger partial charge in [-0.15, -0.1) is 0 Å². The third-order valence-electron chi connectivity index (χ3n) is 4.92. The van der Waals surface area contributed by atoms with Gasteiger partial charge in [0.1, 0.15) is 0 Å². The zero-order chi connectivity index (χ0) is 17.2. The third-order valence-corrected chi connectivity index (χ3v) is 4.92. The normalized spacial score (nSPS) is 14.0. The summed E-state index contributed by atoms with van der Waals surface area (Å²) in [4.78, 5) is 7.25. The fourth-order valence-corrected chi connectivity index (χ4v) is 3.65. The van der Waals surface area contributed by atoms with Gasteiger partial charge in [-0.1, -0.05) is 24.3 Å². The molecule has 2 aromatic carbocycles. The summed E-state index contributed by atoms with van der Waals surface area (Å²) in [6.45, 7) is 4.36. The minimum atomic E-state index is 0.704. The number of hydrogen-bond donors (Lipinski definition) is 0. The Bertz CT molecular complexity index is 945. The first-order valence-corrected chi connectivity index (χ1v) is 8.87. The van der Waals surface area contributed by atoms with Crippen molar-refractivity contribution in [3.8, 4) is 6.07 Å². The predicted octanol–water partition coefficient (Wildman–Crippen LogP) is 4.61. The van der Waals surface area contributed by atoms with E-state index in [0.29, 0.717) is 5.56 Å². The first-order chi connectivity index (χ1) is 12.2. The summed E-state index contributed by atoms with van der Waals surface area (Å²) in [7, 11) is 0. The molecule has 4 rings (SSSR count). The van der Waals surface area contributed by atoms with E-state index >= 15 is 0 Å². The molecule has 0 spiro atoms. The largest absolute Gasteiger partial charge is 0.371 e. The van der Waals surface area contributed by atoms with Gasteiger partial charge in [-0.2, -0.15) is 5.26 Å². The Kier molecular flexibility index (Phi) is 4.11. The quantitative estimate of drug-likeness (QED) is 0.705. The molecule has 0 atom stereocenters. The summed E-state index contributed by atoms with van der Waals surface area (Å²) in [5.74, 6) is 0. The zero-order valence-electron chi connectivity index (χ0n) is 14.5. The van der Waals surface area contributed by atoms with Gasteiger partial charge < -0.3 is 4.90 Å². The van der Waals surface area contributed by atoms with E-state index in [1.54, 1.807) is 0 Å². The molecule has 1 saturated heterocycles. The number of anilines is 1. The molecule has 0 N–H and O–H groups in total. The molecule has 0 amide bonds. The average molecular weight is 327 g/mol. The van der Waals surface area contributed by atoms with Gasteiger partial charge in [-0.25, -0.2) is 0 Å². The van der Waals surface area contributed by atoms with Crippen LogP contribution in [0.3, 0.4) is 0 Å². The number of aromatic nitrogens is 1. The van der Waals surface area contributed by atoms with Crippen LogP contribution in [0.4, 0.5) is 5.69 Å². The Morgan fingerprint density at radius 3 is 2.44 bits per heavy atom. The van der Waals surface area contributed by atoms with Crippen molar-refractivity contribution in [2.24, 2.45) is 0 Å². The van der Waals surface area contributed by atoms with Gasteiger partial charge in [-0.3, -0.25) is 4.98 Å². The van der Waals surface area contributed by atoms with Crippen LogP contribution in [0.5, 0.6) is 0 Å². The van der Waals surface area contributed by atoms with Gasteiger partial charge >= 0.3 is 0 Å². The lowest BCUT2D eigenvalue weighted by Crippen LogP contribution is -2.18. The van der Waals surface area contributed by atoms with Gasteiger partial charge in [0.15, 0.2) is 0 Å². The van der Waals surface area contributed by atoms with Crippen molar-refractivity contribution >= 4 is 16.6 Å². The van der Waals surface area contributed by atoms with Crippen molar-refractivity contribution in [1.82, 2.24) is 4.98 Å². The van der Waals surface area contributed by atoms with Crippen molar-refractivity contribution in [3.05, 3.63) is 70.9 Å². The van der Waals surface area contributed by atoms with Crippen molar-refractivity contribution in [1.29, 1.82) is 5.26 Å². The third kappa shape index (κ3) is 3.21. The fourth-order valence-electron chi connectivity index (χ4n) is 3.65. The molecule has 25 heavy (non-hydrogen) atoms. The van der Waals surface area contributed by atoms with E-state index in [0.717, 1.165) is 30.7 Å². The molecule has 1 fully saturated rings. The smallest absolute Gasteiger partial charge is 0.0991 e. The first kappa shape index (κ1) is 15.7. The van der Waals surface area contributed by atoms with Crippen molar-refractivity contribution in [2.75, 3.05) is 18.0 Å². The van der Waals surface area contributed by atoms with E-state index in [-0.39, 0.29) is 0 Å². The minimum Gasteiger partial charge on any atom is -0.371 e. The topological polar surface area (TPSA) is 39.9 Å². The summed E-state index contributed by atoms with van der Waals surface area (Å²) < 4.78 is 0. The second-order valence-corrected chi connectivity index (χ2v) is 6.81. The molecule has 0 aliphatic carbocycles. The first-order valence-electron chi connectivity index (χ1n) is 8.87. The van der Waals surface area contributed by atoms with E-state index in [1.807, 2.05) is 24.3 Å². The van der Waals surface area contributed by atoms with Gasteiger partial charge in [0.25, 0.3) is 0 Å². The molecule has 2 heterocycles. The van der Waals surface area contributed by atoms with Crippen molar-refractivity contribution < 1.29 is 0 Å². The zero-order valence-corrected chi connectivity index (χ0v) is 14.5. The summed E-state index contributed by atoms with van der Waals surface area (Å²) in [5.41, 5.74) is 6.64. The number of aryl methyl sites for hydroxylation is 1. The Hall–Kier alpha value is -2.86. The van der Waals surface area contributed by atoms with Crippen molar-refractivity contribution in [3.63, 3.8) is 0 Å². The molecule has 3 aromatic rings. The summed E-state index contributed by atoms with van der Waals surface area (Å²) >= 11 is 0. The standard InChI is InChI=1S/C22H21N3/c1-16-12-22(25-10-2-3-11-25)20-9-8-19(14-21(20)24-16)13-17-4-6-18(15-23)7-5-17/h4-9,12,14H,2-3,10-11,13H2,1H3. The van der Waals surface area contributed by atoms with Gasteiger partial charge in [-0.05, 0) is 61.6 Å². The molecule has 0 radical (unpaired) electrons. The Morgan fingerprint density at radius 2 is 1.72 bits per heavy atom. The van der Waals surface area contributed by atoms with Crippen LogP contribution in [0.15, 0.2) is 48.5 Å². The highest BCUT2D eigenvalue weighted by atomic mass is 15.1. The van der Waals surface area contributed by atoms with E-state index in [4.69, 9.17) is 10.2 Å². The van der Waals surface area contributed by atoms with Crippen LogP contribution in [-0.2, 0) is 6.42 Å². The molecule has 3 heteroatoms. The lowest BCUT2D eigenvalue weighted by molar-refractivity contribution is 0.949. The van der Waals surface area contributed by atoms with Crippen LogP contribution in [0.2, 0.25) is 0 Å². The average Bonchev–Trinajstić information content (AvgIpc) is 3.16. The monoisotopic (exact) mass is 327 g/mol. The lowest BCUT2D eigenvalue weighted by atomic mass is 10.0. The number of nitriles is 1. The summed E-state index contributed by atoms with van der Waals surface area (Å²) in [6.07, 6.45) is 3.41. The number of hydrogen-bond acceptors (Lipinski definition) is 3. The molecule has 0 unspecified atom stereocenters. The summed E-state index contributed by atoms with van der Waals surface area (Å²) in [6, 6.07) is 18.8. The predicted molar refractivity (Wildman–Crippen MR) is 102 cm³/mol. The molecule has 0 saturated carbocycles. The molecule has 1 aliphatic heterocycles. The van der Waals surface area contributed by atoms with Crippen LogP contribution < -0.4 is 4.90 Å². The Balaban J connectivity index is 1.68. The van der Waals surface area contributed by atoms with E-state index < -0.39 is 0 Å². The SMILES string of the molecule is Cc1cc(N2CCCC2)c2ccc(Cc3ccc(C#N)cc3)cc2n1. The van der Waals surface area contributed by atoms with Gasteiger partial charge in [0.2, 0.25) is 0 Å². The highest BCUT2D eigenvalue weighted by Crippen LogP contribution is 2.30. The van der Waals surface area contributed by atoms with Crippen molar-refractivity contribution in [2.45, 2.75) is 26.2 Å². The van der Waals surface area contributed by atoms with E-state index in [9.17, 15) is 0 Å². The lowest BCUT2D eigenvalue weighted by Gasteiger charge is -2.20. The van der Waals surface area contributed by atoms with Crippen LogP contribution in [0, 0.1) is 18.3 Å². The highest BCUT2D eigenvalue weighted by molar-refractivity contribution is 5.92. The molecule has 1 aromatic heterocycles. The van der Waals surface area contributed by atoms with E-state index in [1.165, 1.54) is 35.0 Å². The molecular formula is C22H21N3. The Labute approximate surface area is 148 Å². The van der Waals surface area contributed by atoms with Gasteiger partial charge in [0, 0.05) is 29.9 Å². The maximum atomic E-state index is 8.92. The number of nitrogens with zero attached hydrogens (tertiary/aromatic N) is 3. The van der Waals surface area contributed by atoms with Crippen LogP contribution in [-0.4, -0.2) is 18.1 Å². The van der Waals surface area contributed by atoms with E-state index in [2.05, 4.69) is 42.2 Å².